The van der Waals surface area contributed by atoms with Crippen molar-refractivity contribution in [3.05, 3.63) is 59.2 Å². The van der Waals surface area contributed by atoms with Crippen molar-refractivity contribution in [2.75, 3.05) is 33.9 Å². The minimum atomic E-state index is -5.08. The molecule has 8 nitrogen and oxygen atoms in total. The molecule has 1 heterocycles. The van der Waals surface area contributed by atoms with Gasteiger partial charge in [-0.15, -0.1) is 0 Å². The lowest BCUT2D eigenvalue weighted by atomic mass is 10.0. The second kappa shape index (κ2) is 15.7. The number of carbonyl (C=O) groups excluding carboxylic acids is 1. The number of alkyl halides is 6. The fourth-order valence-electron chi connectivity index (χ4n) is 4.15. The summed E-state index contributed by atoms with van der Waals surface area (Å²) in [5, 5.41) is 10.1. The number of hydrogen-bond acceptors (Lipinski definition) is 5. The molecular formula is C29H37F6N3O5. The number of methoxy groups -OCH3 is 1. The van der Waals surface area contributed by atoms with Crippen molar-refractivity contribution < 1.29 is 50.5 Å². The van der Waals surface area contributed by atoms with E-state index in [2.05, 4.69) is 24.1 Å². The van der Waals surface area contributed by atoms with Crippen molar-refractivity contribution >= 4 is 12.0 Å². The molecule has 1 fully saturated rings. The van der Waals surface area contributed by atoms with E-state index in [1.54, 1.807) is 4.90 Å². The van der Waals surface area contributed by atoms with Gasteiger partial charge in [0.25, 0.3) is 0 Å². The molecule has 0 spiro atoms. The van der Waals surface area contributed by atoms with Crippen molar-refractivity contribution in [1.82, 2.24) is 15.1 Å². The molecule has 2 aromatic rings. The van der Waals surface area contributed by atoms with Crippen LogP contribution in [0.1, 0.15) is 43.4 Å². The number of hydrogen-bond donors (Lipinski definition) is 2. The third-order valence-corrected chi connectivity index (χ3v) is 6.54. The maximum Gasteiger partial charge on any atom is 0.490 e. The van der Waals surface area contributed by atoms with Crippen LogP contribution in [0.25, 0.3) is 0 Å². The smallest absolute Gasteiger partial charge is 0.490 e. The summed E-state index contributed by atoms with van der Waals surface area (Å²) < 4.78 is 82.2. The number of urea groups is 1. The minimum Gasteiger partial charge on any atom is -0.496 e. The molecule has 0 saturated carbocycles. The number of aliphatic carboxylic acids is 1. The zero-order valence-electron chi connectivity index (χ0n) is 24.4. The van der Waals surface area contributed by atoms with Crippen LogP contribution < -0.4 is 14.8 Å². The van der Waals surface area contributed by atoms with Crippen molar-refractivity contribution in [3.8, 4) is 11.5 Å². The van der Waals surface area contributed by atoms with E-state index in [1.807, 2.05) is 31.3 Å². The Balaban J connectivity index is 0.000000821. The molecule has 0 atom stereocenters. The number of rotatable bonds is 9. The van der Waals surface area contributed by atoms with Crippen LogP contribution in [0.5, 0.6) is 11.5 Å². The predicted octanol–water partition coefficient (Wildman–Crippen LogP) is 6.19. The average molecular weight is 622 g/mol. The van der Waals surface area contributed by atoms with E-state index in [4.69, 9.17) is 19.4 Å². The van der Waals surface area contributed by atoms with E-state index in [1.165, 1.54) is 13.2 Å². The maximum atomic E-state index is 13.3. The topological polar surface area (TPSA) is 91.3 Å². The first-order chi connectivity index (χ1) is 20.0. The Morgan fingerprint density at radius 3 is 2.12 bits per heavy atom. The highest BCUT2D eigenvalue weighted by molar-refractivity contribution is 5.75. The summed E-state index contributed by atoms with van der Waals surface area (Å²) in [5.41, 5.74) is 0.682. The summed E-state index contributed by atoms with van der Waals surface area (Å²) >= 11 is 0. The molecule has 3 rings (SSSR count). The average Bonchev–Trinajstić information content (AvgIpc) is 2.94. The van der Waals surface area contributed by atoms with Crippen molar-refractivity contribution in [2.24, 2.45) is 5.92 Å². The molecule has 0 unspecified atom stereocenters. The predicted molar refractivity (Wildman–Crippen MR) is 147 cm³/mol. The number of carboxylic acid groups (broad SMARTS) is 1. The van der Waals surface area contributed by atoms with Crippen LogP contribution in [0, 0.1) is 5.92 Å². The third-order valence-electron chi connectivity index (χ3n) is 6.54. The van der Waals surface area contributed by atoms with Crippen LogP contribution in [-0.4, -0.2) is 73.0 Å². The van der Waals surface area contributed by atoms with Crippen LogP contribution in [0.3, 0.4) is 0 Å². The molecule has 2 amide bonds. The molecule has 0 bridgehead atoms. The molecule has 1 aliphatic rings. The number of carboxylic acids is 1. The Bertz CT molecular complexity index is 1180. The Labute approximate surface area is 246 Å². The Hall–Kier alpha value is -3.68. The summed E-state index contributed by atoms with van der Waals surface area (Å²) in [6.45, 7) is 6.97. The molecule has 0 radical (unpaired) electrons. The number of halogens is 6. The molecule has 0 aromatic heterocycles. The second-order valence-corrected chi connectivity index (χ2v) is 10.5. The first-order valence-corrected chi connectivity index (χ1v) is 13.5. The molecule has 240 valence electrons. The number of likely N-dealkylation sites (tertiary alicyclic amines) is 1. The first-order valence-electron chi connectivity index (χ1n) is 13.5. The van der Waals surface area contributed by atoms with E-state index in [-0.39, 0.29) is 24.4 Å². The van der Waals surface area contributed by atoms with Crippen LogP contribution in [0.2, 0.25) is 0 Å². The maximum absolute atomic E-state index is 13.3. The van der Waals surface area contributed by atoms with E-state index >= 15 is 0 Å². The largest absolute Gasteiger partial charge is 0.496 e. The van der Waals surface area contributed by atoms with Gasteiger partial charge < -0.3 is 29.7 Å². The lowest BCUT2D eigenvalue weighted by Gasteiger charge is -2.37. The van der Waals surface area contributed by atoms with Gasteiger partial charge in [0.05, 0.1) is 25.8 Å². The number of nitrogens with one attached hydrogen (secondary N) is 1. The fraction of sp³-hybridized carbons (Fsp3) is 0.517. The van der Waals surface area contributed by atoms with Crippen molar-refractivity contribution in [2.45, 2.75) is 58.2 Å². The Morgan fingerprint density at radius 1 is 1.05 bits per heavy atom. The molecular weight excluding hydrogens is 584 g/mol. The summed E-state index contributed by atoms with van der Waals surface area (Å²) in [7, 11) is 3.38. The minimum absolute atomic E-state index is 0.0278. The van der Waals surface area contributed by atoms with Crippen LogP contribution in [0.4, 0.5) is 31.1 Å². The highest BCUT2D eigenvalue weighted by Gasteiger charge is 2.38. The van der Waals surface area contributed by atoms with E-state index in [0.29, 0.717) is 24.6 Å². The van der Waals surface area contributed by atoms with E-state index in [0.717, 1.165) is 49.4 Å². The summed E-state index contributed by atoms with van der Waals surface area (Å²) in [6, 6.07) is 10.7. The standard InChI is InChI=1S/C27H36F3N3O3.C2HF3O2/c1-19(2)18-36-24-9-5-20(6-10-24)16-31-26(34)33(23-11-13-32(3)14-12-23)17-21-7-8-22(27(28,29)30)15-25(21)35-4;3-2(4,5)1(6)7/h5-10,15,19,23H,11-14,16-18H2,1-4H3,(H,31,34);(H,6,7). The molecule has 2 N–H and O–H groups in total. The van der Waals surface area contributed by atoms with Gasteiger partial charge in [0, 0.05) is 18.2 Å². The van der Waals surface area contributed by atoms with Gasteiger partial charge in [-0.25, -0.2) is 9.59 Å². The Kier molecular flexibility index (Phi) is 13.0. The number of amides is 2. The Morgan fingerprint density at radius 2 is 1.63 bits per heavy atom. The van der Waals surface area contributed by atoms with Gasteiger partial charge in [-0.3, -0.25) is 0 Å². The normalized spacial score (nSPS) is 14.5. The molecule has 0 aliphatic carbocycles. The molecule has 2 aromatic carbocycles. The van der Waals surface area contributed by atoms with Gasteiger partial charge in [-0.1, -0.05) is 32.0 Å². The number of carbonyl (C=O) groups is 2. The van der Waals surface area contributed by atoms with Crippen molar-refractivity contribution in [3.63, 3.8) is 0 Å². The van der Waals surface area contributed by atoms with Gasteiger partial charge in [0.2, 0.25) is 0 Å². The SMILES string of the molecule is COc1cc(C(F)(F)F)ccc1CN(C(=O)NCc1ccc(OCC(C)C)cc1)C1CCN(C)CC1.O=C(O)C(F)(F)F. The number of piperidine rings is 1. The van der Waals surface area contributed by atoms with Gasteiger partial charge in [-0.05, 0) is 68.7 Å². The fourth-order valence-corrected chi connectivity index (χ4v) is 4.15. The second-order valence-electron chi connectivity index (χ2n) is 10.5. The van der Waals surface area contributed by atoms with E-state index < -0.39 is 23.9 Å². The van der Waals surface area contributed by atoms with Gasteiger partial charge >= 0.3 is 24.4 Å². The van der Waals surface area contributed by atoms with E-state index in [9.17, 15) is 31.1 Å². The molecule has 14 heteroatoms. The summed E-state index contributed by atoms with van der Waals surface area (Å²) in [4.78, 5) is 26.1. The lowest BCUT2D eigenvalue weighted by molar-refractivity contribution is -0.192. The number of nitrogens with zero attached hydrogens (tertiary/aromatic N) is 2. The highest BCUT2D eigenvalue weighted by atomic mass is 19.4. The van der Waals surface area contributed by atoms with Crippen LogP contribution in [0.15, 0.2) is 42.5 Å². The molecule has 43 heavy (non-hydrogen) atoms. The van der Waals surface area contributed by atoms with Gasteiger partial charge in [0.1, 0.15) is 11.5 Å². The zero-order chi connectivity index (χ0) is 32.4. The van der Waals surface area contributed by atoms with Crippen LogP contribution in [-0.2, 0) is 24.1 Å². The zero-order valence-corrected chi connectivity index (χ0v) is 24.4. The molecule has 1 saturated heterocycles. The van der Waals surface area contributed by atoms with Crippen molar-refractivity contribution in [1.29, 1.82) is 0 Å². The number of ether oxygens (including phenoxy) is 2. The highest BCUT2D eigenvalue weighted by Crippen LogP contribution is 2.34. The first kappa shape index (κ1) is 35.5. The van der Waals surface area contributed by atoms with Gasteiger partial charge in [0.15, 0.2) is 0 Å². The quantitative estimate of drug-likeness (QED) is 0.325. The number of benzene rings is 2. The molecule has 1 aliphatic heterocycles. The van der Waals surface area contributed by atoms with Crippen LogP contribution >= 0.6 is 0 Å². The summed E-state index contributed by atoms with van der Waals surface area (Å²) in [6.07, 6.45) is -7.98. The summed E-state index contributed by atoms with van der Waals surface area (Å²) in [5.74, 6) is -1.43. The monoisotopic (exact) mass is 621 g/mol. The third kappa shape index (κ3) is 11.8. The van der Waals surface area contributed by atoms with Gasteiger partial charge in [-0.2, -0.15) is 26.3 Å². The lowest BCUT2D eigenvalue weighted by Crippen LogP contribution is -2.49.